The van der Waals surface area contributed by atoms with Crippen LogP contribution in [0.3, 0.4) is 0 Å². The zero-order chi connectivity index (χ0) is 33.7. The molecule has 5 aromatic rings. The molecule has 2 aliphatic rings. The molecular formula is C38H24N2O8. The Labute approximate surface area is 273 Å². The zero-order valence-electron chi connectivity index (χ0n) is 25.6. The number of nitrogens with zero attached hydrogens (tertiary/aromatic N) is 2. The molecule has 0 bridgehead atoms. The largest absolute Gasteiger partial charge is 0.465 e. The Bertz CT molecular complexity index is 2050. The van der Waals surface area contributed by atoms with Crippen LogP contribution < -0.4 is 9.80 Å². The summed E-state index contributed by atoms with van der Waals surface area (Å²) in [5.41, 5.74) is 5.45. The summed E-state index contributed by atoms with van der Waals surface area (Å²) < 4.78 is 9.43. The highest BCUT2D eigenvalue weighted by Gasteiger charge is 2.38. The number of carbonyl (C=O) groups is 6. The molecule has 0 N–H and O–H groups in total. The van der Waals surface area contributed by atoms with Crippen LogP contribution in [0.2, 0.25) is 0 Å². The van der Waals surface area contributed by atoms with E-state index in [0.29, 0.717) is 22.5 Å². The first-order chi connectivity index (χ1) is 23.2. The molecule has 234 valence electrons. The minimum Gasteiger partial charge on any atom is -0.465 e. The van der Waals surface area contributed by atoms with Crippen molar-refractivity contribution >= 4 is 46.9 Å². The maximum absolute atomic E-state index is 13.4. The smallest absolute Gasteiger partial charge is 0.337 e. The van der Waals surface area contributed by atoms with Crippen molar-refractivity contribution in [3.63, 3.8) is 0 Å². The molecule has 48 heavy (non-hydrogen) atoms. The Morgan fingerprint density at radius 3 is 1.06 bits per heavy atom. The standard InChI is InChI=1S/C38H24N2O8/c1-47-37(45)23-7-13-27(14-8-23)39-33(41)29-17-11-25(19-31(29)35(39)43)21-3-5-22(6-4-21)26-12-18-30-32(20-26)36(44)40(34(30)42)28-15-9-24(10-16-28)38(46)48-2/h3-20H,1-2H3. The van der Waals surface area contributed by atoms with Crippen molar-refractivity contribution in [1.82, 2.24) is 0 Å². The number of esters is 2. The van der Waals surface area contributed by atoms with Gasteiger partial charge in [0.2, 0.25) is 0 Å². The maximum Gasteiger partial charge on any atom is 0.337 e. The van der Waals surface area contributed by atoms with Crippen molar-refractivity contribution in [3.8, 4) is 22.3 Å². The summed E-state index contributed by atoms with van der Waals surface area (Å²) in [4.78, 5) is 78.7. The second-order valence-corrected chi connectivity index (χ2v) is 11.1. The molecule has 10 heteroatoms. The highest BCUT2D eigenvalue weighted by Crippen LogP contribution is 2.35. The lowest BCUT2D eigenvalue weighted by atomic mass is 9.96. The number of ether oxygens (including phenoxy) is 2. The number of imide groups is 2. The van der Waals surface area contributed by atoms with Crippen LogP contribution in [-0.2, 0) is 9.47 Å². The van der Waals surface area contributed by atoms with Crippen LogP contribution in [0.25, 0.3) is 22.3 Å². The van der Waals surface area contributed by atoms with Gasteiger partial charge in [-0.2, -0.15) is 0 Å². The number of hydrogen-bond acceptors (Lipinski definition) is 8. The highest BCUT2D eigenvalue weighted by molar-refractivity contribution is 6.35. The lowest BCUT2D eigenvalue weighted by molar-refractivity contribution is 0.0592. The fraction of sp³-hybridized carbons (Fsp3) is 0.0526. The Balaban J connectivity index is 1.11. The lowest BCUT2D eigenvalue weighted by Gasteiger charge is -2.14. The Kier molecular flexibility index (Phi) is 7.25. The summed E-state index contributed by atoms with van der Waals surface area (Å²) >= 11 is 0. The second kappa shape index (κ2) is 11.6. The van der Waals surface area contributed by atoms with E-state index >= 15 is 0 Å². The number of anilines is 2. The van der Waals surface area contributed by atoms with E-state index in [4.69, 9.17) is 9.47 Å². The molecule has 2 aliphatic heterocycles. The number of fused-ring (bicyclic) bond motifs is 2. The Hall–Kier alpha value is -6.68. The van der Waals surface area contributed by atoms with E-state index in [0.717, 1.165) is 32.1 Å². The van der Waals surface area contributed by atoms with Gasteiger partial charge in [-0.3, -0.25) is 19.2 Å². The van der Waals surface area contributed by atoms with E-state index in [1.54, 1.807) is 36.4 Å². The summed E-state index contributed by atoms with van der Waals surface area (Å²) in [5, 5.41) is 0. The zero-order valence-corrected chi connectivity index (χ0v) is 25.6. The minimum absolute atomic E-state index is 0.268. The Morgan fingerprint density at radius 1 is 0.417 bits per heavy atom. The highest BCUT2D eigenvalue weighted by atomic mass is 16.5. The number of methoxy groups -OCH3 is 2. The molecule has 10 nitrogen and oxygen atoms in total. The summed E-state index contributed by atoms with van der Waals surface area (Å²) in [6.45, 7) is 0. The molecule has 0 unspecified atom stereocenters. The van der Waals surface area contributed by atoms with Gasteiger partial charge in [0, 0.05) is 0 Å². The molecule has 0 atom stereocenters. The van der Waals surface area contributed by atoms with Gasteiger partial charge in [-0.05, 0) is 95.1 Å². The van der Waals surface area contributed by atoms with Gasteiger partial charge in [0.05, 0.1) is 59.0 Å². The van der Waals surface area contributed by atoms with Crippen LogP contribution in [0.5, 0.6) is 0 Å². The van der Waals surface area contributed by atoms with E-state index in [9.17, 15) is 28.8 Å². The molecule has 0 aromatic heterocycles. The summed E-state index contributed by atoms with van der Waals surface area (Å²) in [5.74, 6) is -2.89. The monoisotopic (exact) mass is 636 g/mol. The van der Waals surface area contributed by atoms with Gasteiger partial charge < -0.3 is 9.47 Å². The quantitative estimate of drug-likeness (QED) is 0.159. The van der Waals surface area contributed by atoms with Crippen LogP contribution in [-0.4, -0.2) is 49.8 Å². The van der Waals surface area contributed by atoms with E-state index in [1.165, 1.54) is 62.8 Å². The molecule has 7 rings (SSSR count). The van der Waals surface area contributed by atoms with Crippen LogP contribution in [0.4, 0.5) is 11.4 Å². The van der Waals surface area contributed by atoms with E-state index in [1.807, 2.05) is 24.3 Å². The molecule has 0 spiro atoms. The molecule has 0 aliphatic carbocycles. The van der Waals surface area contributed by atoms with Crippen LogP contribution in [0.15, 0.2) is 109 Å². The molecule has 4 amide bonds. The van der Waals surface area contributed by atoms with Crippen molar-refractivity contribution in [2.75, 3.05) is 24.0 Å². The molecule has 0 saturated carbocycles. The number of amides is 4. The fourth-order valence-electron chi connectivity index (χ4n) is 5.89. The maximum atomic E-state index is 13.4. The molecule has 0 fully saturated rings. The van der Waals surface area contributed by atoms with Crippen molar-refractivity contribution in [3.05, 3.63) is 143 Å². The van der Waals surface area contributed by atoms with Crippen LogP contribution in [0, 0.1) is 0 Å². The summed E-state index contributed by atoms with van der Waals surface area (Å²) in [6.07, 6.45) is 0. The predicted molar refractivity (Wildman–Crippen MR) is 175 cm³/mol. The second-order valence-electron chi connectivity index (χ2n) is 11.1. The molecular weight excluding hydrogens is 612 g/mol. The van der Waals surface area contributed by atoms with Gasteiger partial charge >= 0.3 is 11.9 Å². The number of rotatable bonds is 6. The Morgan fingerprint density at radius 2 is 0.729 bits per heavy atom. The van der Waals surface area contributed by atoms with Crippen molar-refractivity contribution in [2.24, 2.45) is 0 Å². The van der Waals surface area contributed by atoms with Gasteiger partial charge in [0.15, 0.2) is 0 Å². The predicted octanol–water partition coefficient (Wildman–Crippen LogP) is 6.20. The van der Waals surface area contributed by atoms with E-state index in [2.05, 4.69) is 0 Å². The lowest BCUT2D eigenvalue weighted by Crippen LogP contribution is -2.29. The van der Waals surface area contributed by atoms with Crippen molar-refractivity contribution in [2.45, 2.75) is 0 Å². The third kappa shape index (κ3) is 4.83. The van der Waals surface area contributed by atoms with Gasteiger partial charge in [0.25, 0.3) is 23.6 Å². The van der Waals surface area contributed by atoms with Gasteiger partial charge in [-0.15, -0.1) is 0 Å². The van der Waals surface area contributed by atoms with Crippen LogP contribution >= 0.6 is 0 Å². The van der Waals surface area contributed by atoms with Crippen LogP contribution in [0.1, 0.15) is 62.1 Å². The first-order valence-corrected chi connectivity index (χ1v) is 14.7. The topological polar surface area (TPSA) is 127 Å². The summed E-state index contributed by atoms with van der Waals surface area (Å²) in [7, 11) is 2.55. The molecule has 0 radical (unpaired) electrons. The number of carbonyl (C=O) groups excluding carboxylic acids is 6. The first-order valence-electron chi connectivity index (χ1n) is 14.7. The minimum atomic E-state index is -0.521. The molecule has 2 heterocycles. The van der Waals surface area contributed by atoms with E-state index in [-0.39, 0.29) is 22.3 Å². The number of hydrogen-bond donors (Lipinski definition) is 0. The van der Waals surface area contributed by atoms with E-state index < -0.39 is 35.6 Å². The van der Waals surface area contributed by atoms with Crippen molar-refractivity contribution in [1.29, 1.82) is 0 Å². The first kappa shape index (κ1) is 30.0. The average Bonchev–Trinajstić information content (AvgIpc) is 3.53. The average molecular weight is 637 g/mol. The van der Waals surface area contributed by atoms with Gasteiger partial charge in [-0.25, -0.2) is 19.4 Å². The molecule has 0 saturated heterocycles. The van der Waals surface area contributed by atoms with Gasteiger partial charge in [-0.1, -0.05) is 36.4 Å². The fourth-order valence-corrected chi connectivity index (χ4v) is 5.89. The summed E-state index contributed by atoms with van der Waals surface area (Å²) in [6, 6.07) is 29.7. The van der Waals surface area contributed by atoms with Crippen molar-refractivity contribution < 1.29 is 38.2 Å². The normalized spacial score (nSPS) is 13.5. The SMILES string of the molecule is COC(=O)c1ccc(N2C(=O)c3ccc(-c4ccc(-c5ccc6c(c5)C(=O)N(c5ccc(C(=O)OC)cc5)C6=O)cc4)cc3C2=O)cc1. The number of benzene rings is 5. The van der Waals surface area contributed by atoms with Gasteiger partial charge in [0.1, 0.15) is 0 Å². The third-order valence-corrected chi connectivity index (χ3v) is 8.42. The third-order valence-electron chi connectivity index (χ3n) is 8.42. The molecule has 5 aromatic carbocycles.